The molecule has 0 radical (unpaired) electrons. The first-order valence-electron chi connectivity index (χ1n) is 3.79. The first-order valence-corrected chi connectivity index (χ1v) is 4.58. The Morgan fingerprint density at radius 3 is 2.40 bits per heavy atom. The summed E-state index contributed by atoms with van der Waals surface area (Å²) < 4.78 is 49.7. The van der Waals surface area contributed by atoms with Gasteiger partial charge in [-0.3, -0.25) is 0 Å². The highest BCUT2D eigenvalue weighted by atomic mass is 79.9. The number of hydrogen-bond acceptors (Lipinski definition) is 1. The number of alkyl halides is 3. The molecule has 80 valence electrons. The molecular formula is C9H4BrF4N. The average molecular weight is 282 g/mol. The first-order chi connectivity index (χ1) is 6.88. The van der Waals surface area contributed by atoms with Gasteiger partial charge in [0, 0.05) is 4.47 Å². The molecule has 0 aliphatic rings. The van der Waals surface area contributed by atoms with Gasteiger partial charge in [-0.05, 0) is 27.6 Å². The number of hydrogen-bond donors (Lipinski definition) is 0. The fourth-order valence-corrected chi connectivity index (χ4v) is 1.76. The predicted molar refractivity (Wildman–Crippen MR) is 48.4 cm³/mol. The molecule has 1 nitrogen and oxygen atoms in total. The van der Waals surface area contributed by atoms with Crippen LogP contribution in [0, 0.1) is 17.1 Å². The Balaban J connectivity index is 3.38. The summed E-state index contributed by atoms with van der Waals surface area (Å²) >= 11 is 2.66. The summed E-state index contributed by atoms with van der Waals surface area (Å²) in [4.78, 5) is 0. The third-order valence-corrected chi connectivity index (χ3v) is 2.63. The van der Waals surface area contributed by atoms with E-state index < -0.39 is 22.0 Å². The fraction of sp³-hybridized carbons (Fsp3) is 0.222. The summed E-state index contributed by atoms with van der Waals surface area (Å²) in [5.74, 6) is -1.35. The second-order valence-corrected chi connectivity index (χ2v) is 3.52. The summed E-state index contributed by atoms with van der Waals surface area (Å²) in [7, 11) is 0. The van der Waals surface area contributed by atoms with Crippen molar-refractivity contribution in [2.45, 2.75) is 12.6 Å². The standard InChI is InChI=1S/C9H4BrF4N/c10-8-5(3-4-15)1-2-6(11)7(8)9(12,13)14/h1-2H,3H2. The van der Waals surface area contributed by atoms with Crippen molar-refractivity contribution >= 4 is 15.9 Å². The Labute approximate surface area is 91.4 Å². The molecule has 0 bridgehead atoms. The predicted octanol–water partition coefficient (Wildman–Crippen LogP) is 3.67. The van der Waals surface area contributed by atoms with Crippen LogP contribution >= 0.6 is 15.9 Å². The SMILES string of the molecule is N#CCc1ccc(F)c(C(F)(F)F)c1Br. The van der Waals surface area contributed by atoms with Gasteiger partial charge in [0.2, 0.25) is 0 Å². The zero-order valence-electron chi connectivity index (χ0n) is 7.20. The maximum absolute atomic E-state index is 12.9. The number of rotatable bonds is 1. The van der Waals surface area contributed by atoms with Crippen LogP contribution in [0.3, 0.4) is 0 Å². The Morgan fingerprint density at radius 2 is 1.93 bits per heavy atom. The van der Waals surface area contributed by atoms with Gasteiger partial charge in [-0.1, -0.05) is 6.07 Å². The van der Waals surface area contributed by atoms with Gasteiger partial charge < -0.3 is 0 Å². The minimum atomic E-state index is -4.77. The molecule has 0 heterocycles. The van der Waals surface area contributed by atoms with E-state index in [1.54, 1.807) is 6.07 Å². The molecule has 1 rings (SSSR count). The van der Waals surface area contributed by atoms with Crippen molar-refractivity contribution in [2.24, 2.45) is 0 Å². The number of nitriles is 1. The Morgan fingerprint density at radius 1 is 1.33 bits per heavy atom. The maximum atomic E-state index is 12.9. The lowest BCUT2D eigenvalue weighted by Gasteiger charge is -2.12. The van der Waals surface area contributed by atoms with Crippen LogP contribution in [0.4, 0.5) is 17.6 Å². The highest BCUT2D eigenvalue weighted by Gasteiger charge is 2.37. The molecule has 1 aromatic carbocycles. The normalized spacial score (nSPS) is 11.2. The fourth-order valence-electron chi connectivity index (χ4n) is 1.08. The van der Waals surface area contributed by atoms with Gasteiger partial charge in [-0.15, -0.1) is 0 Å². The zero-order chi connectivity index (χ0) is 11.6. The van der Waals surface area contributed by atoms with Gasteiger partial charge in [0.05, 0.1) is 12.5 Å². The van der Waals surface area contributed by atoms with Gasteiger partial charge in [0.25, 0.3) is 0 Å². The minimum Gasteiger partial charge on any atom is -0.206 e. The van der Waals surface area contributed by atoms with E-state index in [1.807, 2.05) is 0 Å². The van der Waals surface area contributed by atoms with Crippen LogP contribution in [-0.2, 0) is 12.6 Å². The lowest BCUT2D eigenvalue weighted by atomic mass is 10.1. The summed E-state index contributed by atoms with van der Waals surface area (Å²) in [6.45, 7) is 0. The van der Waals surface area contributed by atoms with Crippen LogP contribution in [0.15, 0.2) is 16.6 Å². The van der Waals surface area contributed by atoms with Crippen LogP contribution < -0.4 is 0 Å². The molecule has 0 atom stereocenters. The molecule has 0 saturated carbocycles. The number of benzene rings is 1. The molecule has 0 N–H and O–H groups in total. The van der Waals surface area contributed by atoms with Crippen LogP contribution in [-0.4, -0.2) is 0 Å². The van der Waals surface area contributed by atoms with Crippen LogP contribution in [0.25, 0.3) is 0 Å². The largest absolute Gasteiger partial charge is 0.420 e. The summed E-state index contributed by atoms with van der Waals surface area (Å²) in [5, 5.41) is 8.36. The van der Waals surface area contributed by atoms with E-state index in [2.05, 4.69) is 15.9 Å². The molecule has 6 heteroatoms. The lowest BCUT2D eigenvalue weighted by molar-refractivity contribution is -0.140. The van der Waals surface area contributed by atoms with Crippen molar-refractivity contribution in [3.63, 3.8) is 0 Å². The van der Waals surface area contributed by atoms with E-state index >= 15 is 0 Å². The summed E-state index contributed by atoms with van der Waals surface area (Å²) in [5.41, 5.74) is -1.25. The third-order valence-electron chi connectivity index (χ3n) is 1.72. The minimum absolute atomic E-state index is 0.117. The average Bonchev–Trinajstić information content (AvgIpc) is 2.08. The topological polar surface area (TPSA) is 23.8 Å². The van der Waals surface area contributed by atoms with E-state index in [0.29, 0.717) is 6.07 Å². The van der Waals surface area contributed by atoms with E-state index in [0.717, 1.165) is 6.07 Å². The Kier molecular flexibility index (Phi) is 3.35. The van der Waals surface area contributed by atoms with Crippen LogP contribution in [0.1, 0.15) is 11.1 Å². The van der Waals surface area contributed by atoms with Crippen LogP contribution in [0.2, 0.25) is 0 Å². The van der Waals surface area contributed by atoms with E-state index in [9.17, 15) is 17.6 Å². The maximum Gasteiger partial charge on any atom is 0.420 e. The van der Waals surface area contributed by atoms with Crippen molar-refractivity contribution in [2.75, 3.05) is 0 Å². The number of halogens is 5. The molecule has 0 aliphatic carbocycles. The lowest BCUT2D eigenvalue weighted by Crippen LogP contribution is -2.10. The first kappa shape index (κ1) is 12.0. The van der Waals surface area contributed by atoms with E-state index in [4.69, 9.17) is 5.26 Å². The van der Waals surface area contributed by atoms with Gasteiger partial charge in [0.1, 0.15) is 11.4 Å². The second kappa shape index (κ2) is 4.19. The Hall–Kier alpha value is -1.09. The van der Waals surface area contributed by atoms with Crippen molar-refractivity contribution < 1.29 is 17.6 Å². The smallest absolute Gasteiger partial charge is 0.206 e. The molecule has 0 unspecified atom stereocenters. The van der Waals surface area contributed by atoms with Gasteiger partial charge in [-0.2, -0.15) is 18.4 Å². The highest BCUT2D eigenvalue weighted by Crippen LogP contribution is 2.38. The zero-order valence-corrected chi connectivity index (χ0v) is 8.78. The molecule has 0 spiro atoms. The van der Waals surface area contributed by atoms with Crippen molar-refractivity contribution in [3.05, 3.63) is 33.5 Å². The Bertz CT molecular complexity index is 419. The number of nitrogens with zero attached hydrogens (tertiary/aromatic N) is 1. The van der Waals surface area contributed by atoms with Crippen molar-refractivity contribution in [1.29, 1.82) is 5.26 Å². The van der Waals surface area contributed by atoms with Crippen molar-refractivity contribution in [3.8, 4) is 6.07 Å². The molecule has 0 aromatic heterocycles. The van der Waals surface area contributed by atoms with E-state index in [1.165, 1.54) is 0 Å². The van der Waals surface area contributed by atoms with Crippen molar-refractivity contribution in [1.82, 2.24) is 0 Å². The monoisotopic (exact) mass is 281 g/mol. The molecule has 0 aliphatic heterocycles. The van der Waals surface area contributed by atoms with Gasteiger partial charge in [-0.25, -0.2) is 4.39 Å². The quantitative estimate of drug-likeness (QED) is 0.721. The molecular weight excluding hydrogens is 278 g/mol. The van der Waals surface area contributed by atoms with Gasteiger partial charge in [0.15, 0.2) is 0 Å². The molecule has 0 fully saturated rings. The molecule has 0 amide bonds. The summed E-state index contributed by atoms with van der Waals surface area (Å²) in [6, 6.07) is 3.56. The van der Waals surface area contributed by atoms with Gasteiger partial charge >= 0.3 is 6.18 Å². The molecule has 1 aromatic rings. The molecule has 15 heavy (non-hydrogen) atoms. The highest BCUT2D eigenvalue weighted by molar-refractivity contribution is 9.10. The third kappa shape index (κ3) is 2.48. The van der Waals surface area contributed by atoms with Crippen LogP contribution in [0.5, 0.6) is 0 Å². The van der Waals surface area contributed by atoms with E-state index in [-0.39, 0.29) is 12.0 Å². The second-order valence-electron chi connectivity index (χ2n) is 2.73. The molecule has 0 saturated heterocycles. The summed E-state index contributed by atoms with van der Waals surface area (Å²) in [6.07, 6.45) is -4.97.